The lowest BCUT2D eigenvalue weighted by Gasteiger charge is -2.08. The molecule has 0 saturated heterocycles. The highest BCUT2D eigenvalue weighted by Crippen LogP contribution is 2.31. The molecule has 0 saturated carbocycles. The minimum absolute atomic E-state index is 0.000572. The number of nitrogens with one attached hydrogen (secondary N) is 1. The Morgan fingerprint density at radius 1 is 1.19 bits per heavy atom. The van der Waals surface area contributed by atoms with E-state index in [1.54, 1.807) is 25.1 Å². The Kier molecular flexibility index (Phi) is 6.73. The van der Waals surface area contributed by atoms with Crippen molar-refractivity contribution in [2.45, 2.75) is 20.3 Å². The highest BCUT2D eigenvalue weighted by molar-refractivity contribution is 6.07. The average molecular weight is 369 g/mol. The average Bonchev–Trinajstić information content (AvgIpc) is 2.65. The van der Waals surface area contributed by atoms with Crippen molar-refractivity contribution in [1.29, 1.82) is 0 Å². The molecule has 0 fully saturated rings. The molecule has 4 N–H and O–H groups in total. The molecule has 2 aromatic rings. The molecule has 0 aliphatic rings. The Hall–Kier alpha value is -3.12. The van der Waals surface area contributed by atoms with E-state index in [2.05, 4.69) is 4.98 Å². The number of aromatic nitrogens is 1. The maximum Gasteiger partial charge on any atom is 0.263 e. The highest BCUT2D eigenvalue weighted by atomic mass is 16.3. The van der Waals surface area contributed by atoms with Gasteiger partial charge in [-0.15, -0.1) is 0 Å². The summed E-state index contributed by atoms with van der Waals surface area (Å²) in [7, 11) is 0. The lowest BCUT2D eigenvalue weighted by Crippen LogP contribution is -2.16. The Morgan fingerprint density at radius 3 is 2.44 bits per heavy atom. The molecular formula is C21H23NO5. The number of aliphatic hydroxyl groups excluding tert-OH is 1. The molecule has 0 aliphatic heterocycles. The Morgan fingerprint density at radius 2 is 1.85 bits per heavy atom. The summed E-state index contributed by atoms with van der Waals surface area (Å²) in [5.41, 5.74) is 0.566. The molecule has 0 amide bonds. The van der Waals surface area contributed by atoms with Gasteiger partial charge in [-0.2, -0.15) is 0 Å². The van der Waals surface area contributed by atoms with Gasteiger partial charge in [0.2, 0.25) is 0 Å². The maximum absolute atomic E-state index is 12.5. The fourth-order valence-electron chi connectivity index (χ4n) is 2.63. The number of aromatic hydroxyl groups is 2. The summed E-state index contributed by atoms with van der Waals surface area (Å²) in [5.74, 6) is -0.974. The summed E-state index contributed by atoms with van der Waals surface area (Å²) in [4.78, 5) is 27.0. The van der Waals surface area contributed by atoms with Crippen LogP contribution in [-0.2, 0) is 0 Å². The fraction of sp³-hybridized carbons (Fsp3) is 0.238. The van der Waals surface area contributed by atoms with Crippen LogP contribution in [0.1, 0.15) is 30.6 Å². The van der Waals surface area contributed by atoms with E-state index in [9.17, 15) is 24.9 Å². The van der Waals surface area contributed by atoms with E-state index in [1.165, 1.54) is 24.4 Å². The maximum atomic E-state index is 12.5. The van der Waals surface area contributed by atoms with Crippen LogP contribution in [0, 0.1) is 5.92 Å². The molecule has 0 radical (unpaired) electrons. The summed E-state index contributed by atoms with van der Waals surface area (Å²) >= 11 is 0. The van der Waals surface area contributed by atoms with Crippen LogP contribution in [0.2, 0.25) is 0 Å². The van der Waals surface area contributed by atoms with Crippen molar-refractivity contribution in [3.8, 4) is 22.6 Å². The van der Waals surface area contributed by atoms with E-state index < -0.39 is 17.1 Å². The lowest BCUT2D eigenvalue weighted by atomic mass is 10.0. The van der Waals surface area contributed by atoms with Crippen LogP contribution < -0.4 is 5.56 Å². The number of carbonyl (C=O) groups is 1. The molecule has 0 aliphatic carbocycles. The monoisotopic (exact) mass is 369 g/mol. The largest absolute Gasteiger partial charge is 0.508 e. The summed E-state index contributed by atoms with van der Waals surface area (Å²) in [5, 5.41) is 29.1. The van der Waals surface area contributed by atoms with Crippen LogP contribution in [0.4, 0.5) is 0 Å². The number of hydrogen-bond donors (Lipinski definition) is 4. The third-order valence-electron chi connectivity index (χ3n) is 4.25. The zero-order valence-corrected chi connectivity index (χ0v) is 15.3. The normalized spacial score (nSPS) is 13.1. The number of carbonyl (C=O) groups excluding carboxylic acids is 1. The molecule has 1 aromatic heterocycles. The minimum atomic E-state index is -0.687. The first-order valence-electron chi connectivity index (χ1n) is 8.63. The molecule has 2 rings (SSSR count). The first-order valence-corrected chi connectivity index (χ1v) is 8.63. The second kappa shape index (κ2) is 9.00. The van der Waals surface area contributed by atoms with E-state index in [4.69, 9.17) is 0 Å². The molecule has 0 unspecified atom stereocenters. The highest BCUT2D eigenvalue weighted by Gasteiger charge is 2.18. The summed E-state index contributed by atoms with van der Waals surface area (Å²) in [6, 6.07) is 6.03. The fourth-order valence-corrected chi connectivity index (χ4v) is 2.63. The predicted octanol–water partition coefficient (Wildman–Crippen LogP) is 3.16. The SMILES string of the molecule is CC[C@H](C=C(C)C=CC(=O)c1c(O)c(-c2ccc(O)cc2)c[nH]c1=O)CO. The minimum Gasteiger partial charge on any atom is -0.508 e. The van der Waals surface area contributed by atoms with Gasteiger partial charge in [0.05, 0.1) is 0 Å². The van der Waals surface area contributed by atoms with E-state index in [-0.39, 0.29) is 29.4 Å². The summed E-state index contributed by atoms with van der Waals surface area (Å²) in [6.07, 6.45) is 6.71. The van der Waals surface area contributed by atoms with Gasteiger partial charge in [-0.3, -0.25) is 9.59 Å². The zero-order valence-electron chi connectivity index (χ0n) is 15.3. The molecule has 6 heteroatoms. The van der Waals surface area contributed by atoms with Crippen LogP contribution >= 0.6 is 0 Å². The molecule has 0 spiro atoms. The van der Waals surface area contributed by atoms with E-state index in [0.29, 0.717) is 5.56 Å². The third kappa shape index (κ3) is 4.95. The smallest absolute Gasteiger partial charge is 0.263 e. The van der Waals surface area contributed by atoms with Gasteiger partial charge < -0.3 is 20.3 Å². The van der Waals surface area contributed by atoms with Gasteiger partial charge in [0.1, 0.15) is 17.1 Å². The van der Waals surface area contributed by atoms with Crippen molar-refractivity contribution in [2.75, 3.05) is 6.61 Å². The first-order chi connectivity index (χ1) is 12.9. The Labute approximate surface area is 157 Å². The van der Waals surface area contributed by atoms with Crippen molar-refractivity contribution >= 4 is 5.78 Å². The Balaban J connectivity index is 2.36. The van der Waals surface area contributed by atoms with Crippen molar-refractivity contribution in [3.63, 3.8) is 0 Å². The second-order valence-corrected chi connectivity index (χ2v) is 6.26. The summed E-state index contributed by atoms with van der Waals surface area (Å²) < 4.78 is 0. The predicted molar refractivity (Wildman–Crippen MR) is 104 cm³/mol. The number of benzene rings is 1. The van der Waals surface area contributed by atoms with E-state index in [0.717, 1.165) is 12.0 Å². The number of aliphatic hydroxyl groups is 1. The number of pyridine rings is 1. The number of H-pyrrole nitrogens is 1. The lowest BCUT2D eigenvalue weighted by molar-refractivity contribution is 0.104. The molecule has 0 bridgehead atoms. The molecule has 1 aromatic carbocycles. The van der Waals surface area contributed by atoms with Crippen LogP contribution in [0.3, 0.4) is 0 Å². The second-order valence-electron chi connectivity index (χ2n) is 6.26. The number of hydrogen-bond acceptors (Lipinski definition) is 5. The van der Waals surface area contributed by atoms with Gasteiger partial charge in [0.15, 0.2) is 5.78 Å². The van der Waals surface area contributed by atoms with E-state index in [1.807, 2.05) is 13.0 Å². The molecular weight excluding hydrogens is 346 g/mol. The molecule has 1 heterocycles. The number of phenols is 1. The van der Waals surface area contributed by atoms with Crippen LogP contribution in [0.5, 0.6) is 11.5 Å². The molecule has 27 heavy (non-hydrogen) atoms. The Bertz CT molecular complexity index is 919. The topological polar surface area (TPSA) is 111 Å². The van der Waals surface area contributed by atoms with E-state index >= 15 is 0 Å². The van der Waals surface area contributed by atoms with Gasteiger partial charge in [-0.1, -0.05) is 36.8 Å². The quantitative estimate of drug-likeness (QED) is 0.340. The molecule has 142 valence electrons. The number of allylic oxidation sites excluding steroid dienone is 3. The number of rotatable bonds is 7. The van der Waals surface area contributed by atoms with Crippen molar-refractivity contribution in [1.82, 2.24) is 4.98 Å². The molecule has 6 nitrogen and oxygen atoms in total. The number of aromatic amines is 1. The van der Waals surface area contributed by atoms with Crippen molar-refractivity contribution in [3.05, 3.63) is 70.2 Å². The van der Waals surface area contributed by atoms with Crippen molar-refractivity contribution < 1.29 is 20.1 Å². The van der Waals surface area contributed by atoms with Crippen LogP contribution in [0.25, 0.3) is 11.1 Å². The standard InChI is InChI=1S/C21H23NO5/c1-3-14(12-23)10-13(2)4-9-18(25)19-20(26)17(11-22-21(19)27)15-5-7-16(24)8-6-15/h4-11,14,23-24H,3,12H2,1-2H3,(H2,22,26,27)/t14-/m1/s1. The number of ketones is 1. The third-order valence-corrected chi connectivity index (χ3v) is 4.25. The number of phenolic OH excluding ortho intramolecular Hbond substituents is 1. The van der Waals surface area contributed by atoms with Crippen molar-refractivity contribution in [2.24, 2.45) is 5.92 Å². The van der Waals surface area contributed by atoms with Crippen LogP contribution in [-0.4, -0.2) is 32.7 Å². The van der Waals surface area contributed by atoms with Crippen LogP contribution in [0.15, 0.2) is 59.1 Å². The van der Waals surface area contributed by atoms with Gasteiger partial charge in [0.25, 0.3) is 5.56 Å². The van der Waals surface area contributed by atoms with Gasteiger partial charge in [-0.05, 0) is 37.1 Å². The van der Waals surface area contributed by atoms with Gasteiger partial charge >= 0.3 is 0 Å². The zero-order chi connectivity index (χ0) is 20.0. The summed E-state index contributed by atoms with van der Waals surface area (Å²) in [6.45, 7) is 3.76. The first kappa shape index (κ1) is 20.2. The van der Waals surface area contributed by atoms with Gasteiger partial charge in [-0.25, -0.2) is 0 Å². The van der Waals surface area contributed by atoms with Gasteiger partial charge in [0, 0.05) is 24.3 Å². The molecule has 1 atom stereocenters.